The van der Waals surface area contributed by atoms with Gasteiger partial charge in [0, 0.05) is 36.1 Å². The van der Waals surface area contributed by atoms with Crippen molar-refractivity contribution >= 4 is 11.7 Å². The number of carboxylic acids is 1. The van der Waals surface area contributed by atoms with E-state index in [4.69, 9.17) is 9.47 Å². The molecule has 0 radical (unpaired) electrons. The van der Waals surface area contributed by atoms with E-state index in [9.17, 15) is 14.3 Å². The average Bonchev–Trinajstić information content (AvgIpc) is 2.82. The van der Waals surface area contributed by atoms with Crippen molar-refractivity contribution in [2.24, 2.45) is 5.41 Å². The number of aliphatic carboxylic acids is 1. The second-order valence-electron chi connectivity index (χ2n) is 11.7. The number of aromatic nitrogens is 2. The maximum absolute atomic E-state index is 13.3. The van der Waals surface area contributed by atoms with Crippen molar-refractivity contribution in [1.29, 1.82) is 0 Å². The molecule has 0 bridgehead atoms. The van der Waals surface area contributed by atoms with E-state index in [-0.39, 0.29) is 5.41 Å². The minimum Gasteiger partial charge on any atom is -0.486 e. The van der Waals surface area contributed by atoms with Crippen molar-refractivity contribution < 1.29 is 23.8 Å². The van der Waals surface area contributed by atoms with Crippen molar-refractivity contribution in [1.82, 2.24) is 9.97 Å². The van der Waals surface area contributed by atoms with Gasteiger partial charge in [0.05, 0.1) is 23.2 Å². The number of carbonyl (C=O) groups is 1. The molecule has 0 aromatic carbocycles. The number of anilines is 1. The fraction of sp³-hybridized carbons (Fsp3) is 0.621. The average molecular weight is 516 g/mol. The molecule has 1 N–H and O–H groups in total. The van der Waals surface area contributed by atoms with Gasteiger partial charge in [-0.2, -0.15) is 0 Å². The van der Waals surface area contributed by atoms with Crippen LogP contribution in [0.3, 0.4) is 0 Å². The Kier molecular flexibility index (Phi) is 9.16. The first kappa shape index (κ1) is 28.8. The summed E-state index contributed by atoms with van der Waals surface area (Å²) in [7, 11) is 0. The zero-order chi connectivity index (χ0) is 27.4. The first-order valence-corrected chi connectivity index (χ1v) is 13.2. The van der Waals surface area contributed by atoms with E-state index < -0.39 is 30.5 Å². The van der Waals surface area contributed by atoms with E-state index >= 15 is 0 Å². The van der Waals surface area contributed by atoms with E-state index in [1.54, 1.807) is 18.5 Å². The maximum atomic E-state index is 13.3. The summed E-state index contributed by atoms with van der Waals surface area (Å²) in [5.74, 6) is -0.554. The number of ether oxygens (including phenoxy) is 2. The molecule has 2 atom stereocenters. The third-order valence-electron chi connectivity index (χ3n) is 6.78. The molecule has 2 aromatic rings. The zero-order valence-corrected chi connectivity index (χ0v) is 23.3. The number of hydrogen-bond acceptors (Lipinski definition) is 6. The van der Waals surface area contributed by atoms with Crippen LogP contribution in [0.5, 0.6) is 5.75 Å². The Labute approximate surface area is 220 Å². The Hall–Kier alpha value is -2.74. The highest BCUT2D eigenvalue weighted by Crippen LogP contribution is 2.43. The van der Waals surface area contributed by atoms with Crippen LogP contribution in [0.1, 0.15) is 84.6 Å². The second-order valence-corrected chi connectivity index (χ2v) is 11.7. The molecule has 1 unspecified atom stereocenters. The van der Waals surface area contributed by atoms with Crippen LogP contribution in [0, 0.1) is 12.3 Å². The van der Waals surface area contributed by atoms with Crippen molar-refractivity contribution in [3.05, 3.63) is 35.8 Å². The van der Waals surface area contributed by atoms with Crippen LogP contribution >= 0.6 is 0 Å². The van der Waals surface area contributed by atoms with Gasteiger partial charge in [-0.3, -0.25) is 9.97 Å². The molecule has 7 nitrogen and oxygen atoms in total. The third-order valence-corrected chi connectivity index (χ3v) is 6.78. The van der Waals surface area contributed by atoms with Crippen molar-refractivity contribution in [3.63, 3.8) is 0 Å². The molecule has 0 amide bonds. The lowest BCUT2D eigenvalue weighted by molar-refractivity contribution is -0.160. The molecule has 0 aliphatic carbocycles. The number of hydrogen-bond donors (Lipinski definition) is 1. The van der Waals surface area contributed by atoms with Gasteiger partial charge in [0.15, 0.2) is 6.10 Å². The quantitative estimate of drug-likeness (QED) is 0.385. The number of piperidine rings is 1. The molecule has 204 valence electrons. The Morgan fingerprint density at radius 1 is 1.19 bits per heavy atom. The van der Waals surface area contributed by atoms with Crippen LogP contribution in [0.25, 0.3) is 11.3 Å². The summed E-state index contributed by atoms with van der Waals surface area (Å²) in [6.45, 7) is 14.9. The van der Waals surface area contributed by atoms with Gasteiger partial charge in [0.25, 0.3) is 0 Å². The van der Waals surface area contributed by atoms with E-state index in [0.29, 0.717) is 29.1 Å². The smallest absolute Gasteiger partial charge is 0.337 e. The summed E-state index contributed by atoms with van der Waals surface area (Å²) >= 11 is 0. The molecule has 8 heteroatoms. The van der Waals surface area contributed by atoms with Gasteiger partial charge in [-0.25, -0.2) is 9.18 Å². The molecular weight excluding hydrogens is 473 g/mol. The molecule has 0 saturated carbocycles. The molecule has 37 heavy (non-hydrogen) atoms. The van der Waals surface area contributed by atoms with Gasteiger partial charge in [0.2, 0.25) is 0 Å². The van der Waals surface area contributed by atoms with Crippen LogP contribution in [0.2, 0.25) is 0 Å². The summed E-state index contributed by atoms with van der Waals surface area (Å²) < 4.78 is 25.2. The molecule has 1 fully saturated rings. The Bertz CT molecular complexity index is 1060. The highest BCUT2D eigenvalue weighted by molar-refractivity contribution is 5.85. The summed E-state index contributed by atoms with van der Waals surface area (Å²) in [6.07, 6.45) is 5.09. The highest BCUT2D eigenvalue weighted by Gasteiger charge is 2.36. The van der Waals surface area contributed by atoms with Gasteiger partial charge >= 0.3 is 5.97 Å². The fourth-order valence-electron chi connectivity index (χ4n) is 4.66. The normalized spacial score (nSPS) is 17.4. The number of aryl methyl sites for hydroxylation is 1. The SMILES string of the molecule is CCCC(CF)Oc1ccc(-c2cnc(C)c([C@H](OC(C)(C)C)C(=O)O)c2N2CCC(C)(C)CC2)nc1. The standard InChI is InChI=1S/C29H42FN3O4/c1-8-9-20(16-30)36-21-10-11-23(32-17-21)22-18-31-19(2)24(26(27(34)35)37-28(3,4)5)25(22)33-14-12-29(6,7)13-15-33/h10-11,17-18,20,26H,8-9,12-16H2,1-7H3,(H,34,35)/t20?,26-/m0/s1. The summed E-state index contributed by atoms with van der Waals surface area (Å²) in [4.78, 5) is 24.0. The number of rotatable bonds is 10. The number of halogens is 1. The lowest BCUT2D eigenvalue weighted by Gasteiger charge is -2.40. The van der Waals surface area contributed by atoms with Gasteiger partial charge in [-0.15, -0.1) is 0 Å². The van der Waals surface area contributed by atoms with Crippen LogP contribution < -0.4 is 9.64 Å². The lowest BCUT2D eigenvalue weighted by Crippen LogP contribution is -2.39. The number of carboxylic acid groups (broad SMARTS) is 1. The molecule has 3 heterocycles. The van der Waals surface area contributed by atoms with Gasteiger partial charge in [-0.1, -0.05) is 27.2 Å². The van der Waals surface area contributed by atoms with Crippen molar-refractivity contribution in [2.75, 3.05) is 24.7 Å². The molecule has 3 rings (SSSR count). The maximum Gasteiger partial charge on any atom is 0.337 e. The van der Waals surface area contributed by atoms with E-state index in [2.05, 4.69) is 28.7 Å². The lowest BCUT2D eigenvalue weighted by atomic mass is 9.82. The molecule has 2 aromatic heterocycles. The van der Waals surface area contributed by atoms with E-state index in [1.165, 1.54) is 0 Å². The van der Waals surface area contributed by atoms with Crippen LogP contribution in [0.4, 0.5) is 10.1 Å². The predicted octanol–water partition coefficient (Wildman–Crippen LogP) is 6.54. The molecule has 0 spiro atoms. The van der Waals surface area contributed by atoms with E-state index in [0.717, 1.165) is 43.6 Å². The minimum absolute atomic E-state index is 0.218. The Balaban J connectivity index is 2.11. The van der Waals surface area contributed by atoms with Crippen molar-refractivity contribution in [2.45, 2.75) is 92.0 Å². The van der Waals surface area contributed by atoms with Crippen molar-refractivity contribution in [3.8, 4) is 17.0 Å². The second kappa shape index (κ2) is 11.8. The topological polar surface area (TPSA) is 84.8 Å². The zero-order valence-electron chi connectivity index (χ0n) is 23.3. The largest absolute Gasteiger partial charge is 0.486 e. The Morgan fingerprint density at radius 2 is 1.86 bits per heavy atom. The minimum atomic E-state index is -1.18. The number of alkyl halides is 1. The predicted molar refractivity (Wildman–Crippen MR) is 144 cm³/mol. The molecule has 1 aliphatic rings. The van der Waals surface area contributed by atoms with Crippen LogP contribution in [0.15, 0.2) is 24.5 Å². The van der Waals surface area contributed by atoms with Crippen LogP contribution in [-0.4, -0.2) is 52.5 Å². The van der Waals surface area contributed by atoms with E-state index in [1.807, 2.05) is 40.7 Å². The third kappa shape index (κ3) is 7.40. The summed E-state index contributed by atoms with van der Waals surface area (Å²) in [5.41, 5.74) is 2.91. The highest BCUT2D eigenvalue weighted by atomic mass is 19.1. The Morgan fingerprint density at radius 3 is 2.38 bits per heavy atom. The molecule has 1 saturated heterocycles. The summed E-state index contributed by atoms with van der Waals surface area (Å²) in [6, 6.07) is 3.61. The molecule has 1 aliphatic heterocycles. The van der Waals surface area contributed by atoms with Gasteiger partial charge in [-0.05, 0) is 64.5 Å². The van der Waals surface area contributed by atoms with Gasteiger partial charge < -0.3 is 19.5 Å². The first-order valence-electron chi connectivity index (χ1n) is 13.2. The summed E-state index contributed by atoms with van der Waals surface area (Å²) in [5, 5.41) is 10.2. The number of nitrogens with zero attached hydrogens (tertiary/aromatic N) is 3. The fourth-order valence-corrected chi connectivity index (χ4v) is 4.66. The monoisotopic (exact) mass is 515 g/mol. The van der Waals surface area contributed by atoms with Gasteiger partial charge in [0.1, 0.15) is 18.5 Å². The van der Waals surface area contributed by atoms with Crippen LogP contribution in [-0.2, 0) is 9.53 Å². The first-order chi connectivity index (χ1) is 17.3. The molecular formula is C29H42FN3O4. The number of pyridine rings is 2.